The Morgan fingerprint density at radius 3 is 2.58 bits per heavy atom. The number of hydrogen-bond donors (Lipinski definition) is 0. The van der Waals surface area contributed by atoms with Gasteiger partial charge < -0.3 is 14.4 Å². The van der Waals surface area contributed by atoms with Crippen molar-refractivity contribution < 1.29 is 9.47 Å². The van der Waals surface area contributed by atoms with E-state index in [-0.39, 0.29) is 0 Å². The standard InChI is InChI=1S/C16H19NO2/c1-18-14-7-4-13(5-8-14)17-10-9-12-3-6-15(19-2)11-16(12)17/h3-8,11-12,16H,9-10H2,1-2H3/t12-,16-/m0/s1. The smallest absolute Gasteiger partial charge is 0.119 e. The average molecular weight is 257 g/mol. The number of methoxy groups -OCH3 is 2. The van der Waals surface area contributed by atoms with Gasteiger partial charge in [-0.2, -0.15) is 0 Å². The molecule has 1 fully saturated rings. The first-order valence-corrected chi connectivity index (χ1v) is 6.66. The maximum absolute atomic E-state index is 5.35. The number of allylic oxidation sites excluding steroid dienone is 1. The molecule has 0 radical (unpaired) electrons. The Labute approximate surface area is 114 Å². The molecule has 1 aromatic rings. The summed E-state index contributed by atoms with van der Waals surface area (Å²) < 4.78 is 10.6. The molecule has 3 rings (SSSR count). The van der Waals surface area contributed by atoms with Gasteiger partial charge in [0.05, 0.1) is 20.3 Å². The third-order valence-electron chi connectivity index (χ3n) is 3.98. The highest BCUT2D eigenvalue weighted by Crippen LogP contribution is 2.35. The third-order valence-corrected chi connectivity index (χ3v) is 3.98. The Morgan fingerprint density at radius 1 is 1.11 bits per heavy atom. The Morgan fingerprint density at radius 2 is 1.89 bits per heavy atom. The van der Waals surface area contributed by atoms with E-state index in [0.29, 0.717) is 12.0 Å². The Balaban J connectivity index is 1.85. The maximum atomic E-state index is 5.35. The quantitative estimate of drug-likeness (QED) is 0.831. The predicted octanol–water partition coefficient (Wildman–Crippen LogP) is 2.99. The molecule has 1 aliphatic heterocycles. The van der Waals surface area contributed by atoms with E-state index < -0.39 is 0 Å². The van der Waals surface area contributed by atoms with Crippen molar-refractivity contribution in [2.45, 2.75) is 12.5 Å². The van der Waals surface area contributed by atoms with Gasteiger partial charge in [0, 0.05) is 18.2 Å². The van der Waals surface area contributed by atoms with Gasteiger partial charge in [-0.15, -0.1) is 0 Å². The van der Waals surface area contributed by atoms with Crippen molar-refractivity contribution in [1.29, 1.82) is 0 Å². The maximum Gasteiger partial charge on any atom is 0.119 e. The number of fused-ring (bicyclic) bond motifs is 1. The highest BCUT2D eigenvalue weighted by molar-refractivity contribution is 5.53. The molecule has 2 atom stereocenters. The molecule has 0 spiro atoms. The summed E-state index contributed by atoms with van der Waals surface area (Å²) in [7, 11) is 3.42. The number of rotatable bonds is 3. The number of benzene rings is 1. The molecule has 19 heavy (non-hydrogen) atoms. The molecule has 0 saturated carbocycles. The molecule has 2 aliphatic rings. The first-order chi connectivity index (χ1) is 9.31. The van der Waals surface area contributed by atoms with Gasteiger partial charge in [0.1, 0.15) is 11.5 Å². The van der Waals surface area contributed by atoms with E-state index in [1.54, 1.807) is 14.2 Å². The lowest BCUT2D eigenvalue weighted by Crippen LogP contribution is -2.32. The molecule has 100 valence electrons. The SMILES string of the molecule is COC1=C[C@H]2[C@@H](C=C1)CCN2c1ccc(OC)cc1. The summed E-state index contributed by atoms with van der Waals surface area (Å²) in [6.45, 7) is 1.08. The fraction of sp³-hybridized carbons (Fsp3) is 0.375. The van der Waals surface area contributed by atoms with E-state index in [2.05, 4.69) is 35.3 Å². The van der Waals surface area contributed by atoms with Gasteiger partial charge in [0.25, 0.3) is 0 Å². The van der Waals surface area contributed by atoms with E-state index in [1.165, 1.54) is 12.1 Å². The van der Waals surface area contributed by atoms with Crippen molar-refractivity contribution in [3.8, 4) is 5.75 Å². The van der Waals surface area contributed by atoms with E-state index in [4.69, 9.17) is 9.47 Å². The summed E-state index contributed by atoms with van der Waals surface area (Å²) in [5.41, 5.74) is 1.25. The summed E-state index contributed by atoms with van der Waals surface area (Å²) >= 11 is 0. The van der Waals surface area contributed by atoms with Crippen LogP contribution in [0.25, 0.3) is 0 Å². The molecule has 3 nitrogen and oxygen atoms in total. The van der Waals surface area contributed by atoms with E-state index in [0.717, 1.165) is 18.1 Å². The van der Waals surface area contributed by atoms with Gasteiger partial charge in [-0.3, -0.25) is 0 Å². The fourth-order valence-corrected chi connectivity index (χ4v) is 2.92. The average Bonchev–Trinajstić information content (AvgIpc) is 2.90. The molecule has 1 heterocycles. The number of anilines is 1. The zero-order valence-corrected chi connectivity index (χ0v) is 11.4. The van der Waals surface area contributed by atoms with E-state index in [9.17, 15) is 0 Å². The molecule has 1 aliphatic carbocycles. The number of nitrogens with zero attached hydrogens (tertiary/aromatic N) is 1. The predicted molar refractivity (Wildman–Crippen MR) is 76.5 cm³/mol. The lowest BCUT2D eigenvalue weighted by Gasteiger charge is -2.29. The van der Waals surface area contributed by atoms with E-state index in [1.807, 2.05) is 12.1 Å². The van der Waals surface area contributed by atoms with Crippen LogP contribution in [0.1, 0.15) is 6.42 Å². The van der Waals surface area contributed by atoms with Gasteiger partial charge in [0.2, 0.25) is 0 Å². The van der Waals surface area contributed by atoms with Crippen LogP contribution in [0.2, 0.25) is 0 Å². The second-order valence-electron chi connectivity index (χ2n) is 4.97. The first kappa shape index (κ1) is 12.2. The molecule has 3 heteroatoms. The van der Waals surface area contributed by atoms with Crippen molar-refractivity contribution in [3.63, 3.8) is 0 Å². The first-order valence-electron chi connectivity index (χ1n) is 6.66. The highest BCUT2D eigenvalue weighted by Gasteiger charge is 2.33. The largest absolute Gasteiger partial charge is 0.497 e. The second-order valence-corrected chi connectivity index (χ2v) is 4.97. The normalized spacial score (nSPS) is 24.9. The Hall–Kier alpha value is -1.90. The van der Waals surface area contributed by atoms with Crippen LogP contribution in [0, 0.1) is 5.92 Å². The van der Waals surface area contributed by atoms with E-state index >= 15 is 0 Å². The van der Waals surface area contributed by atoms with Crippen molar-refractivity contribution in [2.75, 3.05) is 25.7 Å². The van der Waals surface area contributed by atoms with Gasteiger partial charge in [-0.1, -0.05) is 6.08 Å². The van der Waals surface area contributed by atoms with Crippen LogP contribution in [0.4, 0.5) is 5.69 Å². The van der Waals surface area contributed by atoms with Crippen LogP contribution < -0.4 is 9.64 Å². The minimum absolute atomic E-state index is 0.411. The lowest BCUT2D eigenvalue weighted by atomic mass is 9.95. The van der Waals surface area contributed by atoms with Gasteiger partial charge in [-0.05, 0) is 42.8 Å². The third kappa shape index (κ3) is 2.21. The Kier molecular flexibility index (Phi) is 3.20. The molecule has 0 N–H and O–H groups in total. The van der Waals surface area contributed by atoms with Crippen molar-refractivity contribution in [3.05, 3.63) is 48.3 Å². The summed E-state index contributed by atoms with van der Waals surface area (Å²) in [6, 6.07) is 8.69. The zero-order chi connectivity index (χ0) is 13.2. The van der Waals surface area contributed by atoms with Crippen LogP contribution in [-0.2, 0) is 4.74 Å². The topological polar surface area (TPSA) is 21.7 Å². The highest BCUT2D eigenvalue weighted by atomic mass is 16.5. The van der Waals surface area contributed by atoms with Crippen LogP contribution in [0.3, 0.4) is 0 Å². The summed E-state index contributed by atoms with van der Waals surface area (Å²) in [5.74, 6) is 2.46. The second kappa shape index (κ2) is 5.00. The molecule has 1 saturated heterocycles. The number of hydrogen-bond acceptors (Lipinski definition) is 3. The molecular formula is C16H19NO2. The van der Waals surface area contributed by atoms with Crippen molar-refractivity contribution >= 4 is 5.69 Å². The molecule has 0 bridgehead atoms. The van der Waals surface area contributed by atoms with Crippen molar-refractivity contribution in [1.82, 2.24) is 0 Å². The summed E-state index contributed by atoms with van der Waals surface area (Å²) in [4.78, 5) is 2.44. The molecular weight excluding hydrogens is 238 g/mol. The van der Waals surface area contributed by atoms with Crippen LogP contribution >= 0.6 is 0 Å². The summed E-state index contributed by atoms with van der Waals surface area (Å²) in [5, 5.41) is 0. The Bertz CT molecular complexity index is 504. The monoisotopic (exact) mass is 257 g/mol. The minimum Gasteiger partial charge on any atom is -0.497 e. The molecule has 0 aromatic heterocycles. The van der Waals surface area contributed by atoms with Gasteiger partial charge in [-0.25, -0.2) is 0 Å². The molecule has 0 unspecified atom stereocenters. The van der Waals surface area contributed by atoms with Crippen molar-refractivity contribution in [2.24, 2.45) is 5.92 Å². The zero-order valence-electron chi connectivity index (χ0n) is 11.4. The number of ether oxygens (including phenoxy) is 2. The summed E-state index contributed by atoms with van der Waals surface area (Å²) in [6.07, 6.45) is 7.77. The minimum atomic E-state index is 0.411. The molecule has 0 amide bonds. The molecule has 1 aromatic carbocycles. The van der Waals surface area contributed by atoms with Crippen LogP contribution in [0.15, 0.2) is 48.3 Å². The van der Waals surface area contributed by atoms with Gasteiger partial charge in [0.15, 0.2) is 0 Å². The van der Waals surface area contributed by atoms with Crippen LogP contribution in [0.5, 0.6) is 5.75 Å². The van der Waals surface area contributed by atoms with Gasteiger partial charge >= 0.3 is 0 Å². The lowest BCUT2D eigenvalue weighted by molar-refractivity contribution is 0.300. The fourth-order valence-electron chi connectivity index (χ4n) is 2.92. The van der Waals surface area contributed by atoms with Crippen LogP contribution in [-0.4, -0.2) is 26.8 Å².